The maximum atomic E-state index is 12.9. The summed E-state index contributed by atoms with van der Waals surface area (Å²) in [5, 5.41) is 50.3. The SMILES string of the molecule is CCCCC/C=C\C/C=C\CCCCCCCCCCOCC(COP(=O)(O)OC1C(O)C(O)C(O)C(O)C1O)OC(=O)CCCCCCCCCCCCCCCCCCCCCC. The largest absolute Gasteiger partial charge is 0.472 e. The molecule has 384 valence electrons. The zero-order valence-corrected chi connectivity index (χ0v) is 42.2. The highest BCUT2D eigenvalue weighted by Crippen LogP contribution is 2.47. The van der Waals surface area contributed by atoms with Crippen molar-refractivity contribution in [3.8, 4) is 0 Å². The van der Waals surface area contributed by atoms with E-state index in [0.717, 1.165) is 57.8 Å². The third-order valence-corrected chi connectivity index (χ3v) is 13.6. The second-order valence-corrected chi connectivity index (χ2v) is 20.1. The van der Waals surface area contributed by atoms with E-state index in [-0.39, 0.29) is 13.0 Å². The smallest absolute Gasteiger partial charge is 0.457 e. The highest BCUT2D eigenvalue weighted by molar-refractivity contribution is 7.47. The minimum Gasteiger partial charge on any atom is -0.457 e. The van der Waals surface area contributed by atoms with Gasteiger partial charge in [0.1, 0.15) is 42.7 Å². The zero-order valence-electron chi connectivity index (χ0n) is 41.3. The minimum atomic E-state index is -5.02. The lowest BCUT2D eigenvalue weighted by atomic mass is 9.85. The Balaban J connectivity index is 2.32. The number of carbonyl (C=O) groups excluding carboxylic acids is 1. The molecule has 12 nitrogen and oxygen atoms in total. The van der Waals surface area contributed by atoms with Crippen molar-refractivity contribution in [2.45, 2.75) is 281 Å². The Bertz CT molecular complexity index is 1170. The first-order valence-corrected chi connectivity index (χ1v) is 28.2. The van der Waals surface area contributed by atoms with Crippen LogP contribution in [0.5, 0.6) is 0 Å². The lowest BCUT2D eigenvalue weighted by molar-refractivity contribution is -0.220. The molecular formula is C52H99O12P. The van der Waals surface area contributed by atoms with E-state index < -0.39 is 63.1 Å². The maximum Gasteiger partial charge on any atom is 0.472 e. The standard InChI is InChI=1S/C52H99O12P/c1-3-5-7-9-11-13-15-17-19-21-23-24-25-27-29-31-33-35-37-39-41-46(53)63-45(44-62-65(59,60)64-52-50(57)48(55)47(54)49(56)51(52)58)43-61-42-40-38-36-34-32-30-28-26-22-20-18-16-14-12-10-8-6-4-2/h12,14,18,20,45,47-52,54-58H,3-11,13,15-17,19,21-44H2,1-2H3,(H,59,60)/b14-12-,20-18-. The minimum absolute atomic E-state index is 0.0764. The van der Waals surface area contributed by atoms with E-state index in [1.54, 1.807) is 0 Å². The molecule has 1 rings (SSSR count). The first-order chi connectivity index (χ1) is 31.5. The van der Waals surface area contributed by atoms with Crippen LogP contribution in [0.2, 0.25) is 0 Å². The van der Waals surface area contributed by atoms with Crippen LogP contribution in [-0.4, -0.2) is 98.9 Å². The summed E-state index contributed by atoms with van der Waals surface area (Å²) < 4.78 is 34.3. The zero-order chi connectivity index (χ0) is 47.6. The summed E-state index contributed by atoms with van der Waals surface area (Å²) in [5.74, 6) is -0.474. The molecule has 6 atom stereocenters. The van der Waals surface area contributed by atoms with Gasteiger partial charge >= 0.3 is 13.8 Å². The van der Waals surface area contributed by atoms with Crippen molar-refractivity contribution in [3.05, 3.63) is 24.3 Å². The van der Waals surface area contributed by atoms with Crippen LogP contribution in [0.3, 0.4) is 0 Å². The summed E-state index contributed by atoms with van der Waals surface area (Å²) in [6.45, 7) is 4.27. The van der Waals surface area contributed by atoms with Crippen molar-refractivity contribution in [2.24, 2.45) is 0 Å². The Morgan fingerprint density at radius 2 is 0.862 bits per heavy atom. The monoisotopic (exact) mass is 947 g/mol. The topological polar surface area (TPSA) is 192 Å². The molecule has 0 aromatic rings. The van der Waals surface area contributed by atoms with Crippen molar-refractivity contribution in [1.82, 2.24) is 0 Å². The molecule has 0 heterocycles. The predicted molar refractivity (Wildman–Crippen MR) is 263 cm³/mol. The van der Waals surface area contributed by atoms with Gasteiger partial charge in [-0.3, -0.25) is 13.8 Å². The van der Waals surface area contributed by atoms with Gasteiger partial charge in [0, 0.05) is 13.0 Å². The highest BCUT2D eigenvalue weighted by atomic mass is 31.2. The Hall–Kier alpha value is -1.18. The van der Waals surface area contributed by atoms with Gasteiger partial charge in [-0.15, -0.1) is 0 Å². The van der Waals surface area contributed by atoms with E-state index in [4.69, 9.17) is 18.5 Å². The van der Waals surface area contributed by atoms with Crippen LogP contribution in [0.25, 0.3) is 0 Å². The molecule has 0 bridgehead atoms. The number of phosphoric acid groups is 1. The molecule has 65 heavy (non-hydrogen) atoms. The average molecular weight is 947 g/mol. The molecule has 6 N–H and O–H groups in total. The first-order valence-electron chi connectivity index (χ1n) is 26.7. The quantitative estimate of drug-likeness (QED) is 0.0147. The van der Waals surface area contributed by atoms with E-state index in [1.807, 2.05) is 0 Å². The molecule has 13 heteroatoms. The van der Waals surface area contributed by atoms with E-state index in [0.29, 0.717) is 13.0 Å². The Labute approximate surface area is 396 Å². The summed E-state index contributed by atoms with van der Waals surface area (Å²) in [6.07, 6.45) is 38.1. The first kappa shape index (κ1) is 61.8. The van der Waals surface area contributed by atoms with Gasteiger partial charge in [-0.2, -0.15) is 0 Å². The Kier molecular flexibility index (Phi) is 40.8. The lowest BCUT2D eigenvalue weighted by Gasteiger charge is -2.41. The number of esters is 1. The summed E-state index contributed by atoms with van der Waals surface area (Å²) in [5.41, 5.74) is 0. The number of unbranched alkanes of at least 4 members (excludes halogenated alkanes) is 30. The molecule has 0 amide bonds. The van der Waals surface area contributed by atoms with Crippen LogP contribution in [-0.2, 0) is 27.9 Å². The van der Waals surface area contributed by atoms with Crippen molar-refractivity contribution < 1.29 is 58.3 Å². The fourth-order valence-electron chi connectivity index (χ4n) is 8.33. The van der Waals surface area contributed by atoms with Gasteiger partial charge in [0.25, 0.3) is 0 Å². The van der Waals surface area contributed by atoms with Gasteiger partial charge in [-0.1, -0.05) is 212 Å². The van der Waals surface area contributed by atoms with Crippen LogP contribution in [0.15, 0.2) is 24.3 Å². The van der Waals surface area contributed by atoms with E-state index >= 15 is 0 Å². The number of ether oxygens (including phenoxy) is 2. The van der Waals surface area contributed by atoms with Crippen molar-refractivity contribution in [3.63, 3.8) is 0 Å². The molecule has 0 aliphatic heterocycles. The second kappa shape index (κ2) is 42.9. The van der Waals surface area contributed by atoms with Crippen LogP contribution < -0.4 is 0 Å². The number of hydrogen-bond acceptors (Lipinski definition) is 11. The average Bonchev–Trinajstić information content (AvgIpc) is 3.29. The molecule has 0 radical (unpaired) electrons. The molecule has 0 aromatic carbocycles. The van der Waals surface area contributed by atoms with Gasteiger partial charge in [0.2, 0.25) is 0 Å². The molecule has 1 aliphatic carbocycles. The number of aliphatic hydroxyl groups excluding tert-OH is 5. The summed E-state index contributed by atoms with van der Waals surface area (Å²) in [6, 6.07) is 0. The van der Waals surface area contributed by atoms with Gasteiger partial charge in [0.15, 0.2) is 0 Å². The molecule has 1 saturated carbocycles. The van der Waals surface area contributed by atoms with Gasteiger partial charge < -0.3 is 39.9 Å². The Morgan fingerprint density at radius 3 is 1.32 bits per heavy atom. The fourth-order valence-corrected chi connectivity index (χ4v) is 9.30. The fraction of sp³-hybridized carbons (Fsp3) is 0.904. The van der Waals surface area contributed by atoms with Gasteiger partial charge in [-0.25, -0.2) is 4.57 Å². The van der Waals surface area contributed by atoms with Crippen LogP contribution in [0.4, 0.5) is 0 Å². The normalized spacial score (nSPS) is 21.7. The lowest BCUT2D eigenvalue weighted by Crippen LogP contribution is -2.64. The van der Waals surface area contributed by atoms with E-state index in [9.17, 15) is 39.8 Å². The molecule has 1 fully saturated rings. The van der Waals surface area contributed by atoms with Gasteiger partial charge in [0.05, 0.1) is 13.2 Å². The van der Waals surface area contributed by atoms with E-state index in [2.05, 4.69) is 38.2 Å². The molecule has 0 spiro atoms. The predicted octanol–water partition coefficient (Wildman–Crippen LogP) is 12.0. The van der Waals surface area contributed by atoms with Gasteiger partial charge in [-0.05, 0) is 44.9 Å². The summed E-state index contributed by atoms with van der Waals surface area (Å²) >= 11 is 0. The third kappa shape index (κ3) is 34.7. The molecule has 0 aromatic heterocycles. The number of allylic oxidation sites excluding steroid dienone is 4. The van der Waals surface area contributed by atoms with Crippen LogP contribution >= 0.6 is 7.82 Å². The number of phosphoric ester groups is 1. The molecule has 0 saturated heterocycles. The number of hydrogen-bond donors (Lipinski definition) is 6. The maximum absolute atomic E-state index is 12.9. The Morgan fingerprint density at radius 1 is 0.492 bits per heavy atom. The molecule has 6 unspecified atom stereocenters. The summed E-state index contributed by atoms with van der Waals surface area (Å²) in [7, 11) is -5.02. The number of aliphatic hydroxyl groups is 5. The highest BCUT2D eigenvalue weighted by Gasteiger charge is 2.51. The number of carbonyl (C=O) groups is 1. The molecular weight excluding hydrogens is 848 g/mol. The second-order valence-electron chi connectivity index (χ2n) is 18.7. The van der Waals surface area contributed by atoms with Crippen molar-refractivity contribution >= 4 is 13.8 Å². The van der Waals surface area contributed by atoms with Crippen LogP contribution in [0, 0.1) is 0 Å². The molecule has 1 aliphatic rings. The summed E-state index contributed by atoms with van der Waals surface area (Å²) in [4.78, 5) is 23.3. The third-order valence-electron chi connectivity index (χ3n) is 12.6. The van der Waals surface area contributed by atoms with Crippen molar-refractivity contribution in [1.29, 1.82) is 0 Å². The van der Waals surface area contributed by atoms with E-state index in [1.165, 1.54) is 154 Å². The number of rotatable bonds is 46. The van der Waals surface area contributed by atoms with Crippen LogP contribution in [0.1, 0.15) is 239 Å². The van der Waals surface area contributed by atoms with Crippen molar-refractivity contribution in [2.75, 3.05) is 19.8 Å².